The fraction of sp³-hybridized carbons (Fsp3) is 1.00. The molecule has 0 heterocycles. The second kappa shape index (κ2) is 4.94. The van der Waals surface area contributed by atoms with E-state index in [1.807, 2.05) is 0 Å². The Bertz CT molecular complexity index is 236. The lowest BCUT2D eigenvalue weighted by Crippen LogP contribution is -2.39. The normalized spacial score (nSPS) is 31.9. The van der Waals surface area contributed by atoms with Crippen molar-refractivity contribution >= 4 is 0 Å². The first-order chi connectivity index (χ1) is 7.53. The highest BCUT2D eigenvalue weighted by Gasteiger charge is 2.41. The maximum atomic E-state index is 2.44. The van der Waals surface area contributed by atoms with Crippen molar-refractivity contribution in [1.29, 1.82) is 0 Å². The molecule has 1 saturated carbocycles. The second-order valence-corrected chi connectivity index (χ2v) is 8.76. The molecule has 0 N–H and O–H groups in total. The molecule has 0 nitrogen and oxygen atoms in total. The molecular formula is C17H34. The fourth-order valence-corrected chi connectivity index (χ4v) is 3.77. The third-order valence-electron chi connectivity index (χ3n) is 5.10. The van der Waals surface area contributed by atoms with E-state index < -0.39 is 0 Å². The van der Waals surface area contributed by atoms with E-state index in [1.165, 1.54) is 19.3 Å². The Labute approximate surface area is 110 Å². The van der Waals surface area contributed by atoms with Crippen molar-refractivity contribution in [3.63, 3.8) is 0 Å². The van der Waals surface area contributed by atoms with Gasteiger partial charge in [-0.2, -0.15) is 0 Å². The van der Waals surface area contributed by atoms with Crippen molar-refractivity contribution in [2.45, 2.75) is 74.7 Å². The summed E-state index contributed by atoms with van der Waals surface area (Å²) in [5, 5.41) is 0. The minimum absolute atomic E-state index is 0.471. The lowest BCUT2D eigenvalue weighted by molar-refractivity contribution is 0.0154. The van der Waals surface area contributed by atoms with Crippen LogP contribution in [0.1, 0.15) is 74.7 Å². The average molecular weight is 238 g/mol. The van der Waals surface area contributed by atoms with E-state index in [-0.39, 0.29) is 0 Å². The van der Waals surface area contributed by atoms with Crippen LogP contribution in [-0.2, 0) is 0 Å². The molecule has 0 amide bonds. The summed E-state index contributed by atoms with van der Waals surface area (Å²) in [6.45, 7) is 19.4. The molecule has 0 heteroatoms. The third kappa shape index (κ3) is 3.73. The van der Waals surface area contributed by atoms with Crippen LogP contribution in [0.5, 0.6) is 0 Å². The summed E-state index contributed by atoms with van der Waals surface area (Å²) in [6, 6.07) is 0. The summed E-state index contributed by atoms with van der Waals surface area (Å²) >= 11 is 0. The molecule has 17 heavy (non-hydrogen) atoms. The SMILES string of the molecule is CC(C)C1CCC(C(C)(C)C)CC1C(C)(C)C. The highest BCUT2D eigenvalue weighted by atomic mass is 14.5. The van der Waals surface area contributed by atoms with E-state index in [4.69, 9.17) is 0 Å². The van der Waals surface area contributed by atoms with Crippen molar-refractivity contribution in [3.05, 3.63) is 0 Å². The van der Waals surface area contributed by atoms with E-state index in [2.05, 4.69) is 55.4 Å². The monoisotopic (exact) mass is 238 g/mol. The molecule has 0 aromatic heterocycles. The molecule has 0 bridgehead atoms. The van der Waals surface area contributed by atoms with Crippen LogP contribution in [0, 0.1) is 34.5 Å². The molecule has 0 aromatic rings. The fourth-order valence-electron chi connectivity index (χ4n) is 3.77. The van der Waals surface area contributed by atoms with Gasteiger partial charge in [-0.3, -0.25) is 0 Å². The van der Waals surface area contributed by atoms with Gasteiger partial charge in [-0.15, -0.1) is 0 Å². The first-order valence-corrected chi connectivity index (χ1v) is 7.53. The largest absolute Gasteiger partial charge is 0.0625 e. The zero-order valence-corrected chi connectivity index (χ0v) is 13.4. The smallest absolute Gasteiger partial charge is 0.0332 e. The van der Waals surface area contributed by atoms with E-state index in [0.717, 1.165) is 23.7 Å². The zero-order chi connectivity index (χ0) is 13.4. The standard InChI is InChI=1S/C17H34/c1-12(2)14-10-9-13(16(3,4)5)11-15(14)17(6,7)8/h12-15H,9-11H2,1-8H3. The van der Waals surface area contributed by atoms with Crippen molar-refractivity contribution in [2.24, 2.45) is 34.5 Å². The van der Waals surface area contributed by atoms with Crippen LogP contribution in [0.15, 0.2) is 0 Å². The van der Waals surface area contributed by atoms with Crippen LogP contribution < -0.4 is 0 Å². The highest BCUT2D eigenvalue weighted by molar-refractivity contribution is 4.91. The Kier molecular flexibility index (Phi) is 4.37. The van der Waals surface area contributed by atoms with E-state index in [9.17, 15) is 0 Å². The predicted octanol–water partition coefficient (Wildman–Crippen LogP) is 5.77. The van der Waals surface area contributed by atoms with E-state index >= 15 is 0 Å². The zero-order valence-electron chi connectivity index (χ0n) is 13.4. The van der Waals surface area contributed by atoms with Crippen LogP contribution in [0.25, 0.3) is 0 Å². The minimum Gasteiger partial charge on any atom is -0.0625 e. The summed E-state index contributed by atoms with van der Waals surface area (Å²) in [5.41, 5.74) is 0.963. The van der Waals surface area contributed by atoms with Gasteiger partial charge in [-0.05, 0) is 53.8 Å². The molecule has 3 atom stereocenters. The molecule has 102 valence electrons. The quantitative estimate of drug-likeness (QED) is 0.544. The third-order valence-corrected chi connectivity index (χ3v) is 5.10. The van der Waals surface area contributed by atoms with Gasteiger partial charge in [0.25, 0.3) is 0 Å². The maximum absolute atomic E-state index is 2.44. The molecule has 3 unspecified atom stereocenters. The number of rotatable bonds is 1. The van der Waals surface area contributed by atoms with E-state index in [1.54, 1.807) is 0 Å². The summed E-state index contributed by atoms with van der Waals surface area (Å²) in [6.07, 6.45) is 4.33. The first kappa shape index (κ1) is 15.1. The van der Waals surface area contributed by atoms with Gasteiger partial charge >= 0.3 is 0 Å². The van der Waals surface area contributed by atoms with Gasteiger partial charge in [0.15, 0.2) is 0 Å². The highest BCUT2D eigenvalue weighted by Crippen LogP contribution is 2.50. The Morgan fingerprint density at radius 3 is 1.71 bits per heavy atom. The molecular weight excluding hydrogens is 204 g/mol. The minimum atomic E-state index is 0.471. The van der Waals surface area contributed by atoms with Gasteiger partial charge in [-0.25, -0.2) is 0 Å². The lowest BCUT2D eigenvalue weighted by atomic mass is 9.57. The molecule has 1 fully saturated rings. The van der Waals surface area contributed by atoms with Crippen LogP contribution in [0.2, 0.25) is 0 Å². The van der Waals surface area contributed by atoms with Crippen LogP contribution >= 0.6 is 0 Å². The van der Waals surface area contributed by atoms with Crippen molar-refractivity contribution in [2.75, 3.05) is 0 Å². The molecule has 1 aliphatic carbocycles. The second-order valence-electron chi connectivity index (χ2n) is 8.76. The van der Waals surface area contributed by atoms with Crippen LogP contribution in [-0.4, -0.2) is 0 Å². The molecule has 1 aliphatic rings. The van der Waals surface area contributed by atoms with E-state index in [0.29, 0.717) is 10.8 Å². The Morgan fingerprint density at radius 1 is 0.824 bits per heavy atom. The maximum Gasteiger partial charge on any atom is -0.0332 e. The van der Waals surface area contributed by atoms with Gasteiger partial charge in [0, 0.05) is 0 Å². The summed E-state index contributed by atoms with van der Waals surface area (Å²) in [4.78, 5) is 0. The summed E-state index contributed by atoms with van der Waals surface area (Å²) in [5.74, 6) is 3.61. The topological polar surface area (TPSA) is 0 Å². The van der Waals surface area contributed by atoms with Gasteiger partial charge in [0.2, 0.25) is 0 Å². The van der Waals surface area contributed by atoms with Crippen molar-refractivity contribution in [3.8, 4) is 0 Å². The average Bonchev–Trinajstić information content (AvgIpc) is 2.14. The molecule has 0 saturated heterocycles. The van der Waals surface area contributed by atoms with Gasteiger partial charge < -0.3 is 0 Å². The van der Waals surface area contributed by atoms with Crippen molar-refractivity contribution < 1.29 is 0 Å². The van der Waals surface area contributed by atoms with Gasteiger partial charge in [0.1, 0.15) is 0 Å². The van der Waals surface area contributed by atoms with Crippen LogP contribution in [0.4, 0.5) is 0 Å². The molecule has 0 aliphatic heterocycles. The van der Waals surface area contributed by atoms with Gasteiger partial charge in [0.05, 0.1) is 0 Å². The number of hydrogen-bond acceptors (Lipinski definition) is 0. The number of hydrogen-bond donors (Lipinski definition) is 0. The molecule has 1 rings (SSSR count). The first-order valence-electron chi connectivity index (χ1n) is 7.53. The molecule has 0 radical (unpaired) electrons. The summed E-state index contributed by atoms with van der Waals surface area (Å²) < 4.78 is 0. The Balaban J connectivity index is 2.85. The van der Waals surface area contributed by atoms with Gasteiger partial charge in [-0.1, -0.05) is 55.4 Å². The van der Waals surface area contributed by atoms with Crippen LogP contribution in [0.3, 0.4) is 0 Å². The molecule has 0 spiro atoms. The summed E-state index contributed by atoms with van der Waals surface area (Å²) in [7, 11) is 0. The predicted molar refractivity (Wildman–Crippen MR) is 78.1 cm³/mol. The van der Waals surface area contributed by atoms with Crippen molar-refractivity contribution in [1.82, 2.24) is 0 Å². The Morgan fingerprint density at radius 2 is 1.35 bits per heavy atom. The molecule has 0 aromatic carbocycles. The Hall–Kier alpha value is 0. The lowest BCUT2D eigenvalue weighted by Gasteiger charge is -2.48.